The van der Waals surface area contributed by atoms with Crippen molar-refractivity contribution in [3.63, 3.8) is 0 Å². The van der Waals surface area contributed by atoms with Crippen molar-refractivity contribution in [3.05, 3.63) is 53.3 Å². The van der Waals surface area contributed by atoms with Crippen LogP contribution < -0.4 is 0 Å². The normalized spacial score (nSPS) is 14.4. The van der Waals surface area contributed by atoms with Crippen LogP contribution in [0.3, 0.4) is 0 Å². The van der Waals surface area contributed by atoms with E-state index in [4.69, 9.17) is 8.85 Å². The van der Waals surface area contributed by atoms with Gasteiger partial charge >= 0.3 is 8.56 Å². The molecule has 0 heterocycles. The average Bonchev–Trinajstić information content (AvgIpc) is 2.53. The summed E-state index contributed by atoms with van der Waals surface area (Å²) in [6.45, 7) is 11.9. The first-order valence-electron chi connectivity index (χ1n) is 6.20. The van der Waals surface area contributed by atoms with Crippen molar-refractivity contribution in [2.24, 2.45) is 0 Å². The van der Waals surface area contributed by atoms with Crippen LogP contribution in [-0.2, 0) is 15.3 Å². The fourth-order valence-electron chi connectivity index (χ4n) is 2.32. The Bertz CT molecular complexity index is 515. The van der Waals surface area contributed by atoms with Gasteiger partial charge in [-0.3, -0.25) is 0 Å². The zero-order valence-corrected chi connectivity index (χ0v) is 12.5. The van der Waals surface area contributed by atoms with E-state index in [1.165, 1.54) is 16.7 Å². The van der Waals surface area contributed by atoms with Crippen LogP contribution in [-0.4, -0.2) is 8.56 Å². The number of hydrogen-bond donors (Lipinski definition) is 0. The molecule has 1 aliphatic rings. The molecule has 0 atom stereocenters. The Morgan fingerprint density at radius 2 is 1.94 bits per heavy atom. The molecule has 1 aromatic carbocycles. The van der Waals surface area contributed by atoms with Crippen molar-refractivity contribution < 1.29 is 8.85 Å². The standard InChI is InChI=1S/C15H20O2Si/c1-11(2)16-18(4,5)17-15-12(3)10-13-8-6-7-9-14(13)15/h6-9H,1,10H2,2-5H3. The van der Waals surface area contributed by atoms with E-state index in [1.807, 2.05) is 20.0 Å². The van der Waals surface area contributed by atoms with Gasteiger partial charge in [0.1, 0.15) is 5.76 Å². The summed E-state index contributed by atoms with van der Waals surface area (Å²) >= 11 is 0. The number of fused-ring (bicyclic) bond motifs is 1. The molecule has 0 aromatic heterocycles. The summed E-state index contributed by atoms with van der Waals surface area (Å²) in [7, 11) is -2.20. The minimum atomic E-state index is -2.20. The Morgan fingerprint density at radius 3 is 2.61 bits per heavy atom. The maximum Gasteiger partial charge on any atom is 0.453 e. The Kier molecular flexibility index (Phi) is 3.35. The van der Waals surface area contributed by atoms with Gasteiger partial charge in [-0.15, -0.1) is 0 Å². The van der Waals surface area contributed by atoms with E-state index in [-0.39, 0.29) is 0 Å². The summed E-state index contributed by atoms with van der Waals surface area (Å²) in [4.78, 5) is 0. The van der Waals surface area contributed by atoms with Gasteiger partial charge < -0.3 is 8.85 Å². The van der Waals surface area contributed by atoms with E-state index in [2.05, 4.69) is 37.8 Å². The van der Waals surface area contributed by atoms with Crippen LogP contribution in [0, 0.1) is 0 Å². The van der Waals surface area contributed by atoms with Crippen LogP contribution in [0.4, 0.5) is 0 Å². The molecule has 2 rings (SSSR count). The SMILES string of the molecule is C=C(C)O[Si](C)(C)OC1=C(C)Cc2ccccc21. The van der Waals surface area contributed by atoms with E-state index in [9.17, 15) is 0 Å². The molecule has 1 aliphatic carbocycles. The summed E-state index contributed by atoms with van der Waals surface area (Å²) in [6, 6.07) is 8.40. The highest BCUT2D eigenvalue weighted by molar-refractivity contribution is 6.65. The van der Waals surface area contributed by atoms with E-state index in [0.29, 0.717) is 0 Å². The van der Waals surface area contributed by atoms with Crippen LogP contribution in [0.15, 0.2) is 42.2 Å². The number of rotatable bonds is 4. The molecular formula is C15H20O2Si. The third kappa shape index (κ3) is 2.67. The third-order valence-electron chi connectivity index (χ3n) is 2.87. The first kappa shape index (κ1) is 13.0. The quantitative estimate of drug-likeness (QED) is 0.595. The van der Waals surface area contributed by atoms with Crippen molar-refractivity contribution in [2.45, 2.75) is 33.4 Å². The largest absolute Gasteiger partial charge is 0.517 e. The molecule has 0 saturated carbocycles. The van der Waals surface area contributed by atoms with Crippen LogP contribution in [0.2, 0.25) is 13.1 Å². The van der Waals surface area contributed by atoms with E-state index in [1.54, 1.807) is 0 Å². The smallest absolute Gasteiger partial charge is 0.453 e. The maximum atomic E-state index is 6.18. The van der Waals surface area contributed by atoms with Crippen molar-refractivity contribution in [3.8, 4) is 0 Å². The summed E-state index contributed by atoms with van der Waals surface area (Å²) in [5.74, 6) is 1.72. The maximum absolute atomic E-state index is 6.18. The van der Waals surface area contributed by atoms with Crippen LogP contribution in [0.25, 0.3) is 5.76 Å². The fourth-order valence-corrected chi connectivity index (χ4v) is 3.98. The van der Waals surface area contributed by atoms with Gasteiger partial charge in [0.2, 0.25) is 0 Å². The predicted molar refractivity (Wildman–Crippen MR) is 77.2 cm³/mol. The molecule has 0 aliphatic heterocycles. The van der Waals surface area contributed by atoms with Crippen molar-refractivity contribution >= 4 is 14.3 Å². The van der Waals surface area contributed by atoms with E-state index < -0.39 is 8.56 Å². The topological polar surface area (TPSA) is 18.5 Å². The lowest BCUT2D eigenvalue weighted by atomic mass is 10.1. The highest BCUT2D eigenvalue weighted by Crippen LogP contribution is 2.35. The molecule has 0 radical (unpaired) electrons. The molecule has 3 heteroatoms. The van der Waals surface area contributed by atoms with Crippen molar-refractivity contribution in [1.29, 1.82) is 0 Å². The number of benzene rings is 1. The molecule has 96 valence electrons. The molecule has 0 spiro atoms. The van der Waals surface area contributed by atoms with Crippen LogP contribution in [0.1, 0.15) is 25.0 Å². The summed E-state index contributed by atoms with van der Waals surface area (Å²) < 4.78 is 11.9. The first-order chi connectivity index (χ1) is 8.39. The Morgan fingerprint density at radius 1 is 1.28 bits per heavy atom. The molecule has 0 unspecified atom stereocenters. The molecule has 0 amide bonds. The van der Waals surface area contributed by atoms with Gasteiger partial charge in [-0.25, -0.2) is 0 Å². The molecule has 0 bridgehead atoms. The first-order valence-corrected chi connectivity index (χ1v) is 9.02. The summed E-state index contributed by atoms with van der Waals surface area (Å²) in [6.07, 6.45) is 0.975. The van der Waals surface area contributed by atoms with Gasteiger partial charge in [0.15, 0.2) is 0 Å². The highest BCUT2D eigenvalue weighted by atomic mass is 28.4. The second-order valence-corrected chi connectivity index (χ2v) is 8.46. The summed E-state index contributed by atoms with van der Waals surface area (Å²) in [5.41, 5.74) is 3.83. The zero-order chi connectivity index (χ0) is 13.3. The average molecular weight is 260 g/mol. The third-order valence-corrected chi connectivity index (χ3v) is 4.41. The zero-order valence-electron chi connectivity index (χ0n) is 11.5. The number of hydrogen-bond acceptors (Lipinski definition) is 2. The fraction of sp³-hybridized carbons (Fsp3) is 0.333. The van der Waals surface area contributed by atoms with Gasteiger partial charge in [0.25, 0.3) is 0 Å². The predicted octanol–water partition coefficient (Wildman–Crippen LogP) is 4.24. The lowest BCUT2D eigenvalue weighted by Crippen LogP contribution is -2.33. The molecule has 0 fully saturated rings. The van der Waals surface area contributed by atoms with Gasteiger partial charge in [0, 0.05) is 18.7 Å². The molecular weight excluding hydrogens is 240 g/mol. The van der Waals surface area contributed by atoms with Crippen LogP contribution >= 0.6 is 0 Å². The Hall–Kier alpha value is -1.48. The van der Waals surface area contributed by atoms with Crippen molar-refractivity contribution in [1.82, 2.24) is 0 Å². The van der Waals surface area contributed by atoms with Crippen LogP contribution in [0.5, 0.6) is 0 Å². The van der Waals surface area contributed by atoms with Crippen molar-refractivity contribution in [2.75, 3.05) is 0 Å². The Labute approximate surface area is 110 Å². The van der Waals surface area contributed by atoms with Gasteiger partial charge in [-0.05, 0) is 31.4 Å². The highest BCUT2D eigenvalue weighted by Gasteiger charge is 2.32. The lowest BCUT2D eigenvalue weighted by Gasteiger charge is -2.26. The van der Waals surface area contributed by atoms with Gasteiger partial charge in [-0.1, -0.05) is 30.8 Å². The molecule has 0 saturated heterocycles. The second kappa shape index (κ2) is 4.65. The van der Waals surface area contributed by atoms with E-state index in [0.717, 1.165) is 17.9 Å². The minimum absolute atomic E-state index is 0.719. The van der Waals surface area contributed by atoms with E-state index >= 15 is 0 Å². The summed E-state index contributed by atoms with van der Waals surface area (Å²) in [5, 5.41) is 0. The molecule has 1 aromatic rings. The Balaban J connectivity index is 2.24. The molecule has 18 heavy (non-hydrogen) atoms. The molecule has 0 N–H and O–H groups in total. The monoisotopic (exact) mass is 260 g/mol. The van der Waals surface area contributed by atoms with Gasteiger partial charge in [-0.2, -0.15) is 0 Å². The molecule has 2 nitrogen and oxygen atoms in total. The second-order valence-electron chi connectivity index (χ2n) is 5.25. The lowest BCUT2D eigenvalue weighted by molar-refractivity contribution is 0.309. The minimum Gasteiger partial charge on any atom is -0.517 e. The number of allylic oxidation sites excluding steroid dienone is 2. The van der Waals surface area contributed by atoms with Gasteiger partial charge in [0.05, 0.1) is 5.76 Å².